The van der Waals surface area contributed by atoms with Crippen LogP contribution >= 0.6 is 11.3 Å². The van der Waals surface area contributed by atoms with Gasteiger partial charge in [0.1, 0.15) is 0 Å². The molecule has 0 unspecified atom stereocenters. The summed E-state index contributed by atoms with van der Waals surface area (Å²) in [4.78, 5) is 2.53. The van der Waals surface area contributed by atoms with E-state index < -0.39 is 0 Å². The summed E-state index contributed by atoms with van der Waals surface area (Å²) < 4.78 is 2.65. The van der Waals surface area contributed by atoms with Crippen molar-refractivity contribution in [2.45, 2.75) is 57.3 Å². The largest absolute Gasteiger partial charge is 0.310 e. The van der Waals surface area contributed by atoms with E-state index in [9.17, 15) is 0 Å². The van der Waals surface area contributed by atoms with Crippen molar-refractivity contribution in [3.8, 4) is 22.3 Å². The SMILES string of the molecule is CC1(C)c2ccccc2-c2ccc(N(c3ccc4cc(C5CCCCC5)ccc4c3)c3cc4ccccc4cc3-c3ccc4c(c3)sc3ccccc34)cc21. The van der Waals surface area contributed by atoms with Crippen LogP contribution in [-0.2, 0) is 5.41 Å². The molecule has 0 N–H and O–H groups in total. The van der Waals surface area contributed by atoms with Crippen molar-refractivity contribution in [1.29, 1.82) is 0 Å². The first kappa shape index (κ1) is 32.7. The number of benzene rings is 8. The third-order valence-corrected chi connectivity index (χ3v) is 13.9. The van der Waals surface area contributed by atoms with E-state index in [-0.39, 0.29) is 5.41 Å². The highest BCUT2D eigenvalue weighted by molar-refractivity contribution is 7.25. The number of hydrogen-bond acceptors (Lipinski definition) is 2. The van der Waals surface area contributed by atoms with Crippen LogP contribution in [0.4, 0.5) is 17.1 Å². The predicted octanol–water partition coefficient (Wildman–Crippen LogP) is 15.9. The van der Waals surface area contributed by atoms with E-state index in [4.69, 9.17) is 0 Å². The van der Waals surface area contributed by atoms with Gasteiger partial charge in [-0.05, 0) is 122 Å². The summed E-state index contributed by atoms with van der Waals surface area (Å²) in [6.07, 6.45) is 6.71. The van der Waals surface area contributed by atoms with Crippen molar-refractivity contribution in [2.24, 2.45) is 0 Å². The van der Waals surface area contributed by atoms with Gasteiger partial charge < -0.3 is 4.90 Å². The van der Waals surface area contributed by atoms with E-state index in [1.54, 1.807) is 0 Å². The molecule has 0 saturated heterocycles. The van der Waals surface area contributed by atoms with Gasteiger partial charge in [-0.1, -0.05) is 142 Å². The van der Waals surface area contributed by atoms with Crippen LogP contribution in [0.15, 0.2) is 158 Å². The molecule has 11 rings (SSSR count). The molecule has 1 nitrogen and oxygen atoms in total. The molecule has 1 saturated carbocycles. The van der Waals surface area contributed by atoms with Crippen LogP contribution in [0, 0.1) is 0 Å². The van der Waals surface area contributed by atoms with Gasteiger partial charge in [-0.15, -0.1) is 11.3 Å². The highest BCUT2D eigenvalue weighted by Crippen LogP contribution is 2.52. The number of hydrogen-bond donors (Lipinski definition) is 0. The maximum atomic E-state index is 2.53. The average Bonchev–Trinajstić information content (AvgIpc) is 3.72. The van der Waals surface area contributed by atoms with E-state index in [1.165, 1.54) is 130 Å². The Kier molecular flexibility index (Phi) is 7.54. The Balaban J connectivity index is 1.14. The van der Waals surface area contributed by atoms with Crippen molar-refractivity contribution < 1.29 is 0 Å². The Morgan fingerprint density at radius 2 is 1.16 bits per heavy atom. The molecule has 2 aliphatic rings. The third-order valence-electron chi connectivity index (χ3n) is 12.8. The van der Waals surface area contributed by atoms with Gasteiger partial charge in [0.25, 0.3) is 0 Å². The minimum atomic E-state index is -0.106. The van der Waals surface area contributed by atoms with E-state index in [0.717, 1.165) is 0 Å². The summed E-state index contributed by atoms with van der Waals surface area (Å²) in [7, 11) is 0. The van der Waals surface area contributed by atoms with Crippen LogP contribution in [-0.4, -0.2) is 0 Å². The predicted molar refractivity (Wildman–Crippen MR) is 238 cm³/mol. The maximum Gasteiger partial charge on any atom is 0.0546 e. The van der Waals surface area contributed by atoms with Crippen molar-refractivity contribution in [3.63, 3.8) is 0 Å². The Bertz CT molecular complexity index is 2960. The Hall–Kier alpha value is -5.70. The zero-order chi connectivity index (χ0) is 36.7. The molecule has 1 aromatic heterocycles. The second-order valence-electron chi connectivity index (χ2n) is 16.4. The monoisotopic (exact) mass is 725 g/mol. The van der Waals surface area contributed by atoms with Crippen LogP contribution < -0.4 is 4.90 Å². The molecule has 0 atom stereocenters. The second kappa shape index (κ2) is 12.7. The topological polar surface area (TPSA) is 3.24 Å². The van der Waals surface area contributed by atoms with Gasteiger partial charge in [-0.2, -0.15) is 0 Å². The summed E-state index contributed by atoms with van der Waals surface area (Å²) in [6.45, 7) is 4.76. The van der Waals surface area contributed by atoms with Crippen LogP contribution in [0.25, 0.3) is 64.0 Å². The molecule has 0 radical (unpaired) electrons. The van der Waals surface area contributed by atoms with Gasteiger partial charge in [0.15, 0.2) is 0 Å². The van der Waals surface area contributed by atoms with Crippen molar-refractivity contribution in [3.05, 3.63) is 174 Å². The molecule has 0 spiro atoms. The maximum absolute atomic E-state index is 2.53. The molecule has 1 heterocycles. The highest BCUT2D eigenvalue weighted by atomic mass is 32.1. The lowest BCUT2D eigenvalue weighted by Crippen LogP contribution is -2.17. The third kappa shape index (κ3) is 5.34. The molecule has 0 amide bonds. The number of nitrogens with zero attached hydrogens (tertiary/aromatic N) is 1. The fraction of sp³-hybridized carbons (Fsp3) is 0.170. The molecule has 0 aliphatic heterocycles. The number of anilines is 3. The molecule has 9 aromatic rings. The minimum absolute atomic E-state index is 0.106. The van der Waals surface area contributed by atoms with Crippen LogP contribution in [0.5, 0.6) is 0 Å². The molecule has 55 heavy (non-hydrogen) atoms. The quantitative estimate of drug-likeness (QED) is 0.171. The lowest BCUT2D eigenvalue weighted by Gasteiger charge is -2.30. The standard InChI is InChI=1S/C53H43NS/c1-53(2)48-18-10-8-16-43(48)44-27-25-42(33-49(44)53)54(41-24-22-38-28-37(20-21-39(38)29-41)34-12-4-3-5-13-34)50-31-36-15-7-6-14-35(36)30-47(50)40-23-26-46-45-17-9-11-19-51(45)55-52(46)32-40/h6-11,14-34H,3-5,12-13H2,1-2H3. The summed E-state index contributed by atoms with van der Waals surface area (Å²) in [5.74, 6) is 0.687. The molecule has 2 aliphatic carbocycles. The number of fused-ring (bicyclic) bond motifs is 8. The van der Waals surface area contributed by atoms with E-state index >= 15 is 0 Å². The molecule has 1 fully saturated rings. The number of thiophene rings is 1. The summed E-state index contributed by atoms with van der Waals surface area (Å²) >= 11 is 1.89. The van der Waals surface area contributed by atoms with Gasteiger partial charge in [0.05, 0.1) is 5.69 Å². The Labute approximate surface area is 327 Å². The zero-order valence-corrected chi connectivity index (χ0v) is 32.3. The smallest absolute Gasteiger partial charge is 0.0546 e. The van der Waals surface area contributed by atoms with Crippen LogP contribution in [0.2, 0.25) is 0 Å². The normalized spacial score (nSPS) is 15.2. The molecule has 266 valence electrons. The first-order valence-corrected chi connectivity index (χ1v) is 20.8. The summed E-state index contributed by atoms with van der Waals surface area (Å²) in [5, 5.41) is 7.75. The van der Waals surface area contributed by atoms with E-state index in [1.807, 2.05) is 11.3 Å². The number of rotatable bonds is 5. The highest BCUT2D eigenvalue weighted by Gasteiger charge is 2.36. The van der Waals surface area contributed by atoms with Gasteiger partial charge in [0.2, 0.25) is 0 Å². The Morgan fingerprint density at radius 1 is 0.491 bits per heavy atom. The molecular weight excluding hydrogens is 683 g/mol. The molecular formula is C53H43NS. The zero-order valence-electron chi connectivity index (χ0n) is 31.5. The lowest BCUT2D eigenvalue weighted by atomic mass is 9.82. The first-order chi connectivity index (χ1) is 27.0. The van der Waals surface area contributed by atoms with Gasteiger partial charge in [-0.3, -0.25) is 0 Å². The Morgan fingerprint density at radius 3 is 2.05 bits per heavy atom. The second-order valence-corrected chi connectivity index (χ2v) is 17.5. The molecule has 8 aromatic carbocycles. The summed E-state index contributed by atoms with van der Waals surface area (Å²) in [5.41, 5.74) is 12.9. The minimum Gasteiger partial charge on any atom is -0.310 e. The van der Waals surface area contributed by atoms with Gasteiger partial charge in [0, 0.05) is 42.5 Å². The summed E-state index contributed by atoms with van der Waals surface area (Å²) in [6, 6.07) is 60.1. The van der Waals surface area contributed by atoms with E-state index in [2.05, 4.69) is 176 Å². The van der Waals surface area contributed by atoms with Gasteiger partial charge in [-0.25, -0.2) is 0 Å². The lowest BCUT2D eigenvalue weighted by molar-refractivity contribution is 0.444. The average molecular weight is 726 g/mol. The first-order valence-electron chi connectivity index (χ1n) is 20.0. The fourth-order valence-corrected chi connectivity index (χ4v) is 11.0. The van der Waals surface area contributed by atoms with E-state index in [0.29, 0.717) is 5.92 Å². The molecule has 2 heteroatoms. The van der Waals surface area contributed by atoms with Crippen molar-refractivity contribution in [1.82, 2.24) is 0 Å². The van der Waals surface area contributed by atoms with Crippen LogP contribution in [0.1, 0.15) is 68.6 Å². The van der Waals surface area contributed by atoms with Crippen molar-refractivity contribution in [2.75, 3.05) is 4.90 Å². The molecule has 0 bridgehead atoms. The van der Waals surface area contributed by atoms with Gasteiger partial charge >= 0.3 is 0 Å². The van der Waals surface area contributed by atoms with Crippen LogP contribution in [0.3, 0.4) is 0 Å². The van der Waals surface area contributed by atoms with Crippen molar-refractivity contribution >= 4 is 70.1 Å². The fourth-order valence-electron chi connectivity index (χ4n) is 9.88.